The minimum Gasteiger partial charge on any atom is -0.464 e. The van der Waals surface area contributed by atoms with Crippen LogP contribution in [0.25, 0.3) is 11.1 Å². The minimum absolute atomic E-state index is 0.206. The largest absolute Gasteiger partial charge is 0.464 e. The number of carbonyl (C=O) groups is 3. The number of anilines is 1. The normalized spacial score (nSPS) is 14.4. The average Bonchev–Trinajstić information content (AvgIpc) is 2.85. The zero-order chi connectivity index (χ0) is 18.1. The molecule has 2 aromatic carbocycles. The van der Waals surface area contributed by atoms with Gasteiger partial charge in [0.2, 0.25) is 0 Å². The Balaban J connectivity index is 2.04. The molecule has 0 aliphatic carbocycles. The summed E-state index contributed by atoms with van der Waals surface area (Å²) in [7, 11) is 0. The van der Waals surface area contributed by atoms with Gasteiger partial charge in [-0.05, 0) is 37.6 Å². The number of nitrogens with zero attached hydrogens (tertiary/aromatic N) is 1. The number of ether oxygens (including phenoxy) is 1. The summed E-state index contributed by atoms with van der Waals surface area (Å²) >= 11 is 6.21. The molecule has 1 atom stereocenters. The Labute approximate surface area is 150 Å². The maximum Gasteiger partial charge on any atom is 0.328 e. The van der Waals surface area contributed by atoms with Crippen molar-refractivity contribution in [3.8, 4) is 11.1 Å². The molecule has 0 N–H and O–H groups in total. The average molecular weight is 358 g/mol. The van der Waals surface area contributed by atoms with Gasteiger partial charge in [-0.3, -0.25) is 14.5 Å². The van der Waals surface area contributed by atoms with Crippen LogP contribution in [0.5, 0.6) is 0 Å². The van der Waals surface area contributed by atoms with E-state index in [2.05, 4.69) is 0 Å². The summed E-state index contributed by atoms with van der Waals surface area (Å²) in [6, 6.07) is 11.4. The van der Waals surface area contributed by atoms with Gasteiger partial charge in [-0.15, -0.1) is 0 Å². The lowest BCUT2D eigenvalue weighted by atomic mass is 10.0. The molecule has 1 unspecified atom stereocenters. The summed E-state index contributed by atoms with van der Waals surface area (Å²) in [4.78, 5) is 37.9. The summed E-state index contributed by atoms with van der Waals surface area (Å²) < 4.78 is 4.96. The SMILES string of the molecule is CCOC(=O)C(C)N1C(=O)C(=O)c2cc(-c3ccccc3Cl)ccc21. The molecule has 2 aromatic rings. The monoisotopic (exact) mass is 357 g/mol. The van der Waals surface area contributed by atoms with Crippen LogP contribution in [0.3, 0.4) is 0 Å². The van der Waals surface area contributed by atoms with E-state index in [9.17, 15) is 14.4 Å². The van der Waals surface area contributed by atoms with Crippen molar-refractivity contribution in [3.05, 3.63) is 53.1 Å². The second-order valence-electron chi connectivity index (χ2n) is 5.64. The van der Waals surface area contributed by atoms with Crippen molar-refractivity contribution in [2.45, 2.75) is 19.9 Å². The van der Waals surface area contributed by atoms with Gasteiger partial charge in [0.15, 0.2) is 0 Å². The number of fused-ring (bicyclic) bond motifs is 1. The van der Waals surface area contributed by atoms with Crippen molar-refractivity contribution >= 4 is 34.9 Å². The first-order valence-corrected chi connectivity index (χ1v) is 8.27. The van der Waals surface area contributed by atoms with Crippen LogP contribution in [-0.2, 0) is 14.3 Å². The lowest BCUT2D eigenvalue weighted by Crippen LogP contribution is -2.43. The van der Waals surface area contributed by atoms with E-state index in [0.717, 1.165) is 11.1 Å². The van der Waals surface area contributed by atoms with Crippen molar-refractivity contribution in [1.29, 1.82) is 0 Å². The number of Topliss-reactive ketones (excluding diaryl/α,β-unsaturated/α-hetero) is 1. The number of halogens is 1. The molecule has 0 fully saturated rings. The van der Waals surface area contributed by atoms with Crippen molar-refractivity contribution in [2.24, 2.45) is 0 Å². The quantitative estimate of drug-likeness (QED) is 0.620. The van der Waals surface area contributed by atoms with E-state index in [1.807, 2.05) is 18.2 Å². The predicted molar refractivity (Wildman–Crippen MR) is 94.8 cm³/mol. The number of benzene rings is 2. The second kappa shape index (κ2) is 6.69. The lowest BCUT2D eigenvalue weighted by molar-refractivity contribution is -0.145. The van der Waals surface area contributed by atoms with Gasteiger partial charge in [0.05, 0.1) is 17.9 Å². The number of ketones is 1. The zero-order valence-corrected chi connectivity index (χ0v) is 14.5. The van der Waals surface area contributed by atoms with Crippen LogP contribution in [0.4, 0.5) is 5.69 Å². The Bertz CT molecular complexity index is 877. The highest BCUT2D eigenvalue weighted by molar-refractivity contribution is 6.53. The highest BCUT2D eigenvalue weighted by Crippen LogP contribution is 2.36. The van der Waals surface area contributed by atoms with E-state index in [1.165, 1.54) is 4.90 Å². The fourth-order valence-electron chi connectivity index (χ4n) is 2.88. The first-order valence-electron chi connectivity index (χ1n) is 7.89. The van der Waals surface area contributed by atoms with Gasteiger partial charge in [-0.1, -0.05) is 35.9 Å². The minimum atomic E-state index is -0.871. The van der Waals surface area contributed by atoms with Gasteiger partial charge in [0, 0.05) is 10.6 Å². The predicted octanol–water partition coefficient (Wildman–Crippen LogP) is 3.49. The van der Waals surface area contributed by atoms with Crippen LogP contribution in [0.2, 0.25) is 5.02 Å². The van der Waals surface area contributed by atoms with Crippen LogP contribution in [0, 0.1) is 0 Å². The molecule has 3 rings (SSSR count). The van der Waals surface area contributed by atoms with Crippen LogP contribution in [0.1, 0.15) is 24.2 Å². The number of amides is 1. The highest BCUT2D eigenvalue weighted by atomic mass is 35.5. The Morgan fingerprint density at radius 1 is 1.16 bits per heavy atom. The van der Waals surface area contributed by atoms with Crippen LogP contribution < -0.4 is 4.90 Å². The molecule has 5 nitrogen and oxygen atoms in total. The Morgan fingerprint density at radius 3 is 2.56 bits per heavy atom. The summed E-state index contributed by atoms with van der Waals surface area (Å²) in [5.41, 5.74) is 2.17. The fraction of sp³-hybridized carbons (Fsp3) is 0.211. The number of hydrogen-bond acceptors (Lipinski definition) is 4. The summed E-state index contributed by atoms with van der Waals surface area (Å²) in [6.07, 6.45) is 0. The maximum atomic E-state index is 12.4. The van der Waals surface area contributed by atoms with Crippen molar-refractivity contribution in [3.63, 3.8) is 0 Å². The van der Waals surface area contributed by atoms with E-state index < -0.39 is 23.7 Å². The fourth-order valence-corrected chi connectivity index (χ4v) is 3.12. The van der Waals surface area contributed by atoms with Gasteiger partial charge in [-0.25, -0.2) is 4.79 Å². The van der Waals surface area contributed by atoms with Crippen LogP contribution in [-0.4, -0.2) is 30.3 Å². The lowest BCUT2D eigenvalue weighted by Gasteiger charge is -2.22. The van der Waals surface area contributed by atoms with E-state index in [4.69, 9.17) is 16.3 Å². The Morgan fingerprint density at radius 2 is 1.88 bits per heavy atom. The Hall–Kier alpha value is -2.66. The topological polar surface area (TPSA) is 63.7 Å². The van der Waals surface area contributed by atoms with Gasteiger partial charge in [0.25, 0.3) is 11.7 Å². The van der Waals surface area contributed by atoms with Gasteiger partial charge < -0.3 is 4.74 Å². The molecule has 1 heterocycles. The third-order valence-electron chi connectivity index (χ3n) is 4.11. The first kappa shape index (κ1) is 17.2. The highest BCUT2D eigenvalue weighted by Gasteiger charge is 2.41. The zero-order valence-electron chi connectivity index (χ0n) is 13.8. The van der Waals surface area contributed by atoms with E-state index >= 15 is 0 Å². The summed E-state index contributed by atoms with van der Waals surface area (Å²) in [5, 5.41) is 0.552. The molecule has 0 spiro atoms. The molecular formula is C19H16ClNO4. The molecule has 0 radical (unpaired) electrons. The third-order valence-corrected chi connectivity index (χ3v) is 4.44. The molecule has 128 valence electrons. The number of esters is 1. The third kappa shape index (κ3) is 2.91. The molecule has 0 saturated carbocycles. The molecule has 25 heavy (non-hydrogen) atoms. The van der Waals surface area contributed by atoms with Gasteiger partial charge >= 0.3 is 5.97 Å². The molecule has 1 aliphatic rings. The molecule has 0 saturated heterocycles. The standard InChI is InChI=1S/C19H16ClNO4/c1-3-25-19(24)11(2)21-16-9-8-12(10-14(16)17(22)18(21)23)13-6-4-5-7-15(13)20/h4-11H,3H2,1-2H3. The number of carbonyl (C=O) groups excluding carboxylic acids is 3. The van der Waals surface area contributed by atoms with Crippen molar-refractivity contribution < 1.29 is 19.1 Å². The van der Waals surface area contributed by atoms with E-state index in [1.54, 1.807) is 38.1 Å². The molecule has 1 amide bonds. The van der Waals surface area contributed by atoms with Crippen molar-refractivity contribution in [1.82, 2.24) is 0 Å². The Kier molecular flexibility index (Phi) is 4.59. The molecule has 6 heteroatoms. The first-order chi connectivity index (χ1) is 12.0. The second-order valence-corrected chi connectivity index (χ2v) is 6.05. The van der Waals surface area contributed by atoms with Gasteiger partial charge in [0.1, 0.15) is 6.04 Å². The maximum absolute atomic E-state index is 12.4. The smallest absolute Gasteiger partial charge is 0.328 e. The van der Waals surface area contributed by atoms with Gasteiger partial charge in [-0.2, -0.15) is 0 Å². The number of rotatable bonds is 4. The summed E-state index contributed by atoms with van der Waals surface area (Å²) in [5.74, 6) is -1.92. The van der Waals surface area contributed by atoms with E-state index in [0.29, 0.717) is 10.7 Å². The van der Waals surface area contributed by atoms with Crippen molar-refractivity contribution in [2.75, 3.05) is 11.5 Å². The van der Waals surface area contributed by atoms with Crippen LogP contribution in [0.15, 0.2) is 42.5 Å². The molecular weight excluding hydrogens is 342 g/mol. The number of hydrogen-bond donors (Lipinski definition) is 0. The summed E-state index contributed by atoms with van der Waals surface area (Å²) in [6.45, 7) is 3.43. The molecule has 0 aromatic heterocycles. The molecule has 0 bridgehead atoms. The van der Waals surface area contributed by atoms with Crippen LogP contribution >= 0.6 is 11.6 Å². The molecule has 1 aliphatic heterocycles. The van der Waals surface area contributed by atoms with E-state index in [-0.39, 0.29) is 12.2 Å².